The molecule has 0 spiro atoms. The van der Waals surface area contributed by atoms with Crippen LogP contribution >= 0.6 is 0 Å². The summed E-state index contributed by atoms with van der Waals surface area (Å²) < 4.78 is 10.2. The molecule has 1 saturated heterocycles. The molecule has 1 aliphatic rings. The number of rotatable bonds is 3. The van der Waals surface area contributed by atoms with E-state index < -0.39 is 5.60 Å². The first-order chi connectivity index (χ1) is 8.31. The van der Waals surface area contributed by atoms with Crippen LogP contribution < -0.4 is 0 Å². The summed E-state index contributed by atoms with van der Waals surface area (Å²) in [7, 11) is 0. The maximum atomic E-state index is 11.8. The van der Waals surface area contributed by atoms with Gasteiger partial charge in [0.1, 0.15) is 5.60 Å². The van der Waals surface area contributed by atoms with Crippen LogP contribution in [0.1, 0.15) is 40.5 Å². The first kappa shape index (κ1) is 14.8. The van der Waals surface area contributed by atoms with Gasteiger partial charge in [0, 0.05) is 13.1 Å². The SMILES string of the molecule is CCOC(=O)CC1CCN(C(=O)OC(C)(C)C)C1. The molecular formula is C13H23NO4. The number of hydrogen-bond acceptors (Lipinski definition) is 4. The molecule has 1 rings (SSSR count). The number of likely N-dealkylation sites (tertiary alicyclic amines) is 1. The van der Waals surface area contributed by atoms with E-state index in [-0.39, 0.29) is 18.0 Å². The molecule has 0 aliphatic carbocycles. The van der Waals surface area contributed by atoms with Crippen LogP contribution in [0.3, 0.4) is 0 Å². The summed E-state index contributed by atoms with van der Waals surface area (Å²) in [6.45, 7) is 8.96. The van der Waals surface area contributed by atoms with Crippen molar-refractivity contribution in [3.63, 3.8) is 0 Å². The Morgan fingerprint density at radius 3 is 2.56 bits per heavy atom. The molecule has 1 unspecified atom stereocenters. The predicted molar refractivity (Wildman–Crippen MR) is 67.2 cm³/mol. The lowest BCUT2D eigenvalue weighted by molar-refractivity contribution is -0.144. The molecule has 0 aromatic carbocycles. The monoisotopic (exact) mass is 257 g/mol. The molecule has 1 atom stereocenters. The number of nitrogens with zero attached hydrogens (tertiary/aromatic N) is 1. The molecule has 0 aromatic rings. The van der Waals surface area contributed by atoms with Gasteiger partial charge in [0.15, 0.2) is 0 Å². The molecule has 0 saturated carbocycles. The Balaban J connectivity index is 2.37. The Bertz CT molecular complexity index is 309. The maximum absolute atomic E-state index is 11.8. The third kappa shape index (κ3) is 4.94. The highest BCUT2D eigenvalue weighted by atomic mass is 16.6. The summed E-state index contributed by atoms with van der Waals surface area (Å²) in [5.41, 5.74) is -0.476. The van der Waals surface area contributed by atoms with Gasteiger partial charge in [-0.3, -0.25) is 4.79 Å². The van der Waals surface area contributed by atoms with Gasteiger partial charge in [-0.2, -0.15) is 0 Å². The van der Waals surface area contributed by atoms with Crippen LogP contribution in [0.2, 0.25) is 0 Å². The Hall–Kier alpha value is -1.26. The van der Waals surface area contributed by atoms with Crippen molar-refractivity contribution in [3.8, 4) is 0 Å². The van der Waals surface area contributed by atoms with Crippen molar-refractivity contribution < 1.29 is 19.1 Å². The number of hydrogen-bond donors (Lipinski definition) is 0. The first-order valence-corrected chi connectivity index (χ1v) is 6.45. The first-order valence-electron chi connectivity index (χ1n) is 6.45. The van der Waals surface area contributed by atoms with E-state index >= 15 is 0 Å². The quantitative estimate of drug-likeness (QED) is 0.727. The second-order valence-corrected chi connectivity index (χ2v) is 5.59. The molecule has 0 aromatic heterocycles. The van der Waals surface area contributed by atoms with E-state index in [1.54, 1.807) is 11.8 Å². The highest BCUT2D eigenvalue weighted by Crippen LogP contribution is 2.22. The third-order valence-electron chi connectivity index (χ3n) is 2.70. The normalized spacial score (nSPS) is 19.8. The largest absolute Gasteiger partial charge is 0.466 e. The van der Waals surface area contributed by atoms with Crippen molar-refractivity contribution >= 4 is 12.1 Å². The van der Waals surface area contributed by atoms with Gasteiger partial charge >= 0.3 is 12.1 Å². The summed E-state index contributed by atoms with van der Waals surface area (Å²) in [5, 5.41) is 0. The summed E-state index contributed by atoms with van der Waals surface area (Å²) in [4.78, 5) is 24.8. The van der Waals surface area contributed by atoms with Crippen molar-refractivity contribution in [2.24, 2.45) is 5.92 Å². The number of amides is 1. The fourth-order valence-electron chi connectivity index (χ4n) is 1.95. The minimum atomic E-state index is -0.476. The minimum Gasteiger partial charge on any atom is -0.466 e. The summed E-state index contributed by atoms with van der Waals surface area (Å²) in [6, 6.07) is 0. The fraction of sp³-hybridized carbons (Fsp3) is 0.846. The molecule has 5 nitrogen and oxygen atoms in total. The zero-order valence-electron chi connectivity index (χ0n) is 11.7. The second-order valence-electron chi connectivity index (χ2n) is 5.59. The summed E-state index contributed by atoms with van der Waals surface area (Å²) >= 11 is 0. The summed E-state index contributed by atoms with van der Waals surface area (Å²) in [6.07, 6.45) is 0.916. The van der Waals surface area contributed by atoms with Gasteiger partial charge in [0.05, 0.1) is 13.0 Å². The van der Waals surface area contributed by atoms with E-state index in [1.165, 1.54) is 0 Å². The van der Waals surface area contributed by atoms with Crippen LogP contribution in [0.15, 0.2) is 0 Å². The van der Waals surface area contributed by atoms with Crippen LogP contribution in [0.25, 0.3) is 0 Å². The van der Waals surface area contributed by atoms with Gasteiger partial charge in [-0.15, -0.1) is 0 Å². The molecule has 1 amide bonds. The summed E-state index contributed by atoms with van der Waals surface area (Å²) in [5.74, 6) is 0.00473. The van der Waals surface area contributed by atoms with Crippen LogP contribution in [0.4, 0.5) is 4.79 Å². The number of carbonyl (C=O) groups is 2. The van der Waals surface area contributed by atoms with Crippen LogP contribution in [-0.4, -0.2) is 42.3 Å². The maximum Gasteiger partial charge on any atom is 0.410 e. The van der Waals surface area contributed by atoms with Gasteiger partial charge in [0.2, 0.25) is 0 Å². The van der Waals surface area contributed by atoms with E-state index in [1.807, 2.05) is 20.8 Å². The molecule has 18 heavy (non-hydrogen) atoms. The van der Waals surface area contributed by atoms with Crippen molar-refractivity contribution in [1.82, 2.24) is 4.90 Å². The highest BCUT2D eigenvalue weighted by Gasteiger charge is 2.30. The molecule has 5 heteroatoms. The third-order valence-corrected chi connectivity index (χ3v) is 2.70. The van der Waals surface area contributed by atoms with E-state index in [0.29, 0.717) is 26.1 Å². The zero-order valence-corrected chi connectivity index (χ0v) is 11.7. The van der Waals surface area contributed by atoms with Crippen molar-refractivity contribution in [1.29, 1.82) is 0 Å². The van der Waals surface area contributed by atoms with Gasteiger partial charge in [-0.05, 0) is 40.0 Å². The topological polar surface area (TPSA) is 55.8 Å². The van der Waals surface area contributed by atoms with Gasteiger partial charge in [-0.25, -0.2) is 4.79 Å². The number of ether oxygens (including phenoxy) is 2. The van der Waals surface area contributed by atoms with Crippen LogP contribution in [-0.2, 0) is 14.3 Å². The molecule has 104 valence electrons. The lowest BCUT2D eigenvalue weighted by Gasteiger charge is -2.24. The van der Waals surface area contributed by atoms with Crippen LogP contribution in [0.5, 0.6) is 0 Å². The van der Waals surface area contributed by atoms with E-state index in [4.69, 9.17) is 9.47 Å². The lowest BCUT2D eigenvalue weighted by Crippen LogP contribution is -2.35. The van der Waals surface area contributed by atoms with Gasteiger partial charge in [-0.1, -0.05) is 0 Å². The molecular weight excluding hydrogens is 234 g/mol. The standard InChI is InChI=1S/C13H23NO4/c1-5-17-11(15)8-10-6-7-14(9-10)12(16)18-13(2,3)4/h10H,5-9H2,1-4H3. The number of carbonyl (C=O) groups excluding carboxylic acids is 2. The molecule has 0 bridgehead atoms. The molecule has 1 aliphatic heterocycles. The van der Waals surface area contributed by atoms with E-state index in [9.17, 15) is 9.59 Å². The lowest BCUT2D eigenvalue weighted by atomic mass is 10.1. The molecule has 1 fully saturated rings. The van der Waals surface area contributed by atoms with Gasteiger partial charge in [0.25, 0.3) is 0 Å². The Morgan fingerprint density at radius 2 is 2.00 bits per heavy atom. The van der Waals surface area contributed by atoms with E-state index in [0.717, 1.165) is 6.42 Å². The Labute approximate surface area is 108 Å². The fourth-order valence-corrected chi connectivity index (χ4v) is 1.95. The second kappa shape index (κ2) is 6.07. The van der Waals surface area contributed by atoms with Gasteiger partial charge < -0.3 is 14.4 Å². The predicted octanol–water partition coefficient (Wildman–Crippen LogP) is 2.20. The average Bonchev–Trinajstić information content (AvgIpc) is 2.63. The van der Waals surface area contributed by atoms with Crippen molar-refractivity contribution in [2.75, 3.05) is 19.7 Å². The molecule has 1 heterocycles. The average molecular weight is 257 g/mol. The van der Waals surface area contributed by atoms with E-state index in [2.05, 4.69) is 0 Å². The Kier molecular flexibility index (Phi) is 4.99. The van der Waals surface area contributed by atoms with Crippen LogP contribution in [0, 0.1) is 5.92 Å². The van der Waals surface area contributed by atoms with Crippen molar-refractivity contribution in [2.45, 2.75) is 46.1 Å². The zero-order chi connectivity index (χ0) is 13.8. The Morgan fingerprint density at radius 1 is 1.33 bits per heavy atom. The molecule has 0 N–H and O–H groups in total. The molecule has 0 radical (unpaired) electrons. The number of esters is 1. The minimum absolute atomic E-state index is 0.187. The smallest absolute Gasteiger partial charge is 0.410 e. The van der Waals surface area contributed by atoms with Crippen molar-refractivity contribution in [3.05, 3.63) is 0 Å². The highest BCUT2D eigenvalue weighted by molar-refractivity contribution is 5.71.